The summed E-state index contributed by atoms with van der Waals surface area (Å²) < 4.78 is 0. The maximum atomic E-state index is 12.0. The van der Waals surface area contributed by atoms with Gasteiger partial charge in [0, 0.05) is 11.3 Å². The van der Waals surface area contributed by atoms with Crippen LogP contribution in [-0.4, -0.2) is 19.5 Å². The molecule has 2 aromatic carbocycles. The third-order valence-electron chi connectivity index (χ3n) is 3.18. The zero-order valence-electron chi connectivity index (χ0n) is 12.3. The monoisotopic (exact) mass is 314 g/mol. The van der Waals surface area contributed by atoms with Crippen molar-refractivity contribution in [1.29, 1.82) is 5.26 Å². The smallest absolute Gasteiger partial charge is 0.279 e. The van der Waals surface area contributed by atoms with E-state index in [2.05, 4.69) is 5.32 Å². The van der Waals surface area contributed by atoms with Gasteiger partial charge in [-0.05, 0) is 18.2 Å². The van der Waals surface area contributed by atoms with Crippen LogP contribution in [0.25, 0.3) is 0 Å². The number of amides is 1. The molecule has 0 heterocycles. The molecule has 1 amide bonds. The second-order valence-electron chi connectivity index (χ2n) is 5.15. The lowest BCUT2D eigenvalue weighted by atomic mass is 10.2. The van der Waals surface area contributed by atoms with Crippen molar-refractivity contribution in [3.63, 3.8) is 0 Å². The van der Waals surface area contributed by atoms with Crippen LogP contribution in [0.3, 0.4) is 0 Å². The minimum Gasteiger partial charge on any atom is -0.326 e. The van der Waals surface area contributed by atoms with Crippen molar-refractivity contribution in [2.24, 2.45) is 0 Å². The second-order valence-corrected chi connectivity index (χ2v) is 5.56. The van der Waals surface area contributed by atoms with Gasteiger partial charge in [0.25, 0.3) is 5.91 Å². The molecule has 5 heteroatoms. The Morgan fingerprint density at radius 2 is 2.00 bits per heavy atom. The Bertz CT molecular complexity index is 695. The highest BCUT2D eigenvalue weighted by Crippen LogP contribution is 2.19. The first-order valence-electron chi connectivity index (χ1n) is 6.93. The van der Waals surface area contributed by atoms with E-state index in [0.29, 0.717) is 22.8 Å². The normalized spacial score (nSPS) is 11.5. The number of carbonyl (C=O) groups is 1. The van der Waals surface area contributed by atoms with Gasteiger partial charge in [0.1, 0.15) is 12.6 Å². The molecular weight excluding hydrogens is 298 g/mol. The van der Waals surface area contributed by atoms with Crippen molar-refractivity contribution in [2.45, 2.75) is 6.54 Å². The zero-order valence-corrected chi connectivity index (χ0v) is 13.0. The summed E-state index contributed by atoms with van der Waals surface area (Å²) in [5.74, 6) is -0.0887. The number of anilines is 1. The first-order valence-corrected chi connectivity index (χ1v) is 7.31. The molecule has 0 bridgehead atoms. The van der Waals surface area contributed by atoms with Gasteiger partial charge in [0.05, 0.1) is 17.6 Å². The number of nitriles is 1. The third-order valence-corrected chi connectivity index (χ3v) is 3.50. The van der Waals surface area contributed by atoms with Crippen LogP contribution < -0.4 is 10.2 Å². The van der Waals surface area contributed by atoms with E-state index in [0.717, 1.165) is 11.4 Å². The Kier molecular flexibility index (Phi) is 5.54. The number of hydrogen-bond donors (Lipinski definition) is 2. The third kappa shape index (κ3) is 4.59. The fourth-order valence-corrected chi connectivity index (χ4v) is 2.39. The van der Waals surface area contributed by atoms with Gasteiger partial charge in [-0.3, -0.25) is 4.79 Å². The van der Waals surface area contributed by atoms with E-state index in [4.69, 9.17) is 16.9 Å². The Labute approximate surface area is 134 Å². The van der Waals surface area contributed by atoms with Crippen LogP contribution in [0.15, 0.2) is 48.5 Å². The Hall–Kier alpha value is -2.35. The van der Waals surface area contributed by atoms with Crippen molar-refractivity contribution < 1.29 is 9.69 Å². The summed E-state index contributed by atoms with van der Waals surface area (Å²) >= 11 is 5.95. The molecule has 2 N–H and O–H groups in total. The summed E-state index contributed by atoms with van der Waals surface area (Å²) in [6.07, 6.45) is 0. The number of hydrogen-bond acceptors (Lipinski definition) is 2. The van der Waals surface area contributed by atoms with Crippen LogP contribution >= 0.6 is 11.6 Å². The van der Waals surface area contributed by atoms with Gasteiger partial charge in [-0.15, -0.1) is 0 Å². The molecule has 0 aliphatic heterocycles. The summed E-state index contributed by atoms with van der Waals surface area (Å²) in [5, 5.41) is 12.0. The molecule has 2 rings (SSSR count). The number of quaternary nitrogens is 1. The molecule has 0 aliphatic rings. The van der Waals surface area contributed by atoms with Crippen molar-refractivity contribution in [3.05, 3.63) is 64.7 Å². The van der Waals surface area contributed by atoms with Crippen molar-refractivity contribution >= 4 is 23.2 Å². The lowest BCUT2D eigenvalue weighted by molar-refractivity contribution is -0.885. The highest BCUT2D eigenvalue weighted by molar-refractivity contribution is 6.32. The number of carbonyl (C=O) groups excluding carboxylic acids is 1. The maximum absolute atomic E-state index is 12.0. The quantitative estimate of drug-likeness (QED) is 0.885. The number of nitrogens with one attached hydrogen (secondary N) is 2. The fraction of sp³-hybridized carbons (Fsp3) is 0.176. The van der Waals surface area contributed by atoms with Crippen molar-refractivity contribution in [2.75, 3.05) is 18.9 Å². The first kappa shape index (κ1) is 16.0. The van der Waals surface area contributed by atoms with E-state index in [1.165, 1.54) is 5.56 Å². The summed E-state index contributed by atoms with van der Waals surface area (Å²) in [5.41, 5.74) is 2.18. The van der Waals surface area contributed by atoms with Gasteiger partial charge in [-0.25, -0.2) is 0 Å². The minimum absolute atomic E-state index is 0.0887. The number of halogens is 1. The first-order chi connectivity index (χ1) is 10.6. The Balaban J connectivity index is 1.90. The fourth-order valence-electron chi connectivity index (χ4n) is 2.17. The Morgan fingerprint density at radius 1 is 1.27 bits per heavy atom. The largest absolute Gasteiger partial charge is 0.326 e. The van der Waals surface area contributed by atoms with Crippen LogP contribution in [-0.2, 0) is 11.3 Å². The van der Waals surface area contributed by atoms with Crippen LogP contribution in [0, 0.1) is 11.3 Å². The van der Waals surface area contributed by atoms with Gasteiger partial charge in [0.15, 0.2) is 6.54 Å². The topological polar surface area (TPSA) is 57.3 Å². The van der Waals surface area contributed by atoms with E-state index >= 15 is 0 Å². The van der Waals surface area contributed by atoms with Crippen LogP contribution in [0.2, 0.25) is 5.02 Å². The number of likely N-dealkylation sites (N-methyl/N-ethyl adjacent to an activating group) is 1. The average molecular weight is 315 g/mol. The second kappa shape index (κ2) is 7.60. The lowest BCUT2D eigenvalue weighted by Crippen LogP contribution is -3.08. The van der Waals surface area contributed by atoms with E-state index in [1.54, 1.807) is 18.2 Å². The van der Waals surface area contributed by atoms with E-state index in [9.17, 15) is 4.79 Å². The molecule has 0 radical (unpaired) electrons. The van der Waals surface area contributed by atoms with Crippen LogP contribution in [0.4, 0.5) is 5.69 Å². The standard InChI is InChI=1S/C17H16ClN3O/c1-21(11-13-5-3-2-4-6-13)12-17(22)20-15-8-7-14(10-19)16(18)9-15/h2-9H,11-12H2,1H3,(H,20,22)/p+1. The number of rotatable bonds is 5. The molecule has 112 valence electrons. The minimum atomic E-state index is -0.0887. The molecule has 2 aromatic rings. The van der Waals surface area contributed by atoms with Gasteiger partial charge < -0.3 is 10.2 Å². The SMILES string of the molecule is C[NH+](CC(=O)Nc1ccc(C#N)c(Cl)c1)Cc1ccccc1. The molecular formula is C17H17ClN3O+. The van der Waals surface area contributed by atoms with Crippen molar-refractivity contribution in [3.8, 4) is 6.07 Å². The summed E-state index contributed by atoms with van der Waals surface area (Å²) in [4.78, 5) is 13.1. The predicted octanol–water partition coefficient (Wildman–Crippen LogP) is 1.87. The molecule has 0 saturated carbocycles. The molecule has 0 saturated heterocycles. The molecule has 1 atom stereocenters. The van der Waals surface area contributed by atoms with Gasteiger partial charge in [-0.1, -0.05) is 41.9 Å². The number of nitrogens with zero attached hydrogens (tertiary/aromatic N) is 1. The molecule has 0 aliphatic carbocycles. The number of benzene rings is 2. The molecule has 0 aromatic heterocycles. The highest BCUT2D eigenvalue weighted by atomic mass is 35.5. The summed E-state index contributed by atoms with van der Waals surface area (Å²) in [6.45, 7) is 1.13. The molecule has 1 unspecified atom stereocenters. The highest BCUT2D eigenvalue weighted by Gasteiger charge is 2.11. The van der Waals surface area contributed by atoms with E-state index in [-0.39, 0.29) is 5.91 Å². The maximum Gasteiger partial charge on any atom is 0.279 e. The summed E-state index contributed by atoms with van der Waals surface area (Å²) in [7, 11) is 1.97. The zero-order chi connectivity index (χ0) is 15.9. The lowest BCUT2D eigenvalue weighted by Gasteiger charge is -2.14. The van der Waals surface area contributed by atoms with E-state index < -0.39 is 0 Å². The molecule has 4 nitrogen and oxygen atoms in total. The van der Waals surface area contributed by atoms with Crippen molar-refractivity contribution in [1.82, 2.24) is 0 Å². The Morgan fingerprint density at radius 3 is 2.64 bits per heavy atom. The van der Waals surface area contributed by atoms with Crippen LogP contribution in [0.5, 0.6) is 0 Å². The average Bonchev–Trinajstić information content (AvgIpc) is 2.48. The molecule has 22 heavy (non-hydrogen) atoms. The van der Waals surface area contributed by atoms with E-state index in [1.807, 2.05) is 43.4 Å². The van der Waals surface area contributed by atoms with Crippen LogP contribution in [0.1, 0.15) is 11.1 Å². The van der Waals surface area contributed by atoms with Gasteiger partial charge >= 0.3 is 0 Å². The molecule has 0 fully saturated rings. The molecule has 0 spiro atoms. The van der Waals surface area contributed by atoms with Gasteiger partial charge in [-0.2, -0.15) is 5.26 Å². The van der Waals surface area contributed by atoms with Gasteiger partial charge in [0.2, 0.25) is 0 Å². The summed E-state index contributed by atoms with van der Waals surface area (Å²) in [6, 6.07) is 16.9. The predicted molar refractivity (Wildman–Crippen MR) is 86.7 cm³/mol.